The van der Waals surface area contributed by atoms with Gasteiger partial charge in [-0.3, -0.25) is 0 Å². The fourth-order valence-electron chi connectivity index (χ4n) is 3.04. The van der Waals surface area contributed by atoms with Gasteiger partial charge in [-0.1, -0.05) is 32.4 Å². The van der Waals surface area contributed by atoms with Gasteiger partial charge >= 0.3 is 0 Å². The van der Waals surface area contributed by atoms with Crippen molar-refractivity contribution in [3.8, 4) is 0 Å². The predicted octanol–water partition coefficient (Wildman–Crippen LogP) is 3.12. The molecule has 0 heterocycles. The summed E-state index contributed by atoms with van der Waals surface area (Å²) in [4.78, 5) is 0. The predicted molar refractivity (Wildman–Crippen MR) is 61.3 cm³/mol. The molecule has 80 valence electrons. The molecule has 14 heavy (non-hydrogen) atoms. The van der Waals surface area contributed by atoms with E-state index in [9.17, 15) is 0 Å². The second-order valence-corrected chi connectivity index (χ2v) is 5.22. The van der Waals surface area contributed by atoms with Crippen molar-refractivity contribution >= 4 is 0 Å². The lowest BCUT2D eigenvalue weighted by molar-refractivity contribution is 0.194. The van der Waals surface area contributed by atoms with Crippen LogP contribution in [0.15, 0.2) is 12.2 Å². The molecule has 2 atom stereocenters. The maximum Gasteiger partial charge on any atom is 0.0139 e. The summed E-state index contributed by atoms with van der Waals surface area (Å²) in [6, 6.07) is 1.51. The molecule has 1 saturated carbocycles. The van der Waals surface area contributed by atoms with Crippen LogP contribution in [0.3, 0.4) is 0 Å². The summed E-state index contributed by atoms with van der Waals surface area (Å²) in [6.45, 7) is 4.82. The Balaban J connectivity index is 1.87. The highest BCUT2D eigenvalue weighted by molar-refractivity contribution is 4.99. The van der Waals surface area contributed by atoms with Crippen LogP contribution in [0.1, 0.15) is 46.0 Å². The number of nitrogens with one attached hydrogen (secondary N) is 1. The monoisotopic (exact) mass is 193 g/mol. The molecule has 1 fully saturated rings. The van der Waals surface area contributed by atoms with Crippen LogP contribution >= 0.6 is 0 Å². The highest BCUT2D eigenvalue weighted by Gasteiger charge is 2.29. The molecule has 0 amide bonds. The zero-order valence-corrected chi connectivity index (χ0v) is 9.50. The standard InChI is InChI=1S/C13H23N/c1-10-6-5-7-11(2)13(10)14-12-8-3-4-9-12/h3-4,10-14H,5-9H2,1-2H3. The van der Waals surface area contributed by atoms with Crippen LogP contribution in [-0.4, -0.2) is 12.1 Å². The Hall–Kier alpha value is -0.300. The van der Waals surface area contributed by atoms with Gasteiger partial charge < -0.3 is 5.32 Å². The summed E-state index contributed by atoms with van der Waals surface area (Å²) in [6.07, 6.45) is 11.4. The Kier molecular flexibility index (Phi) is 3.27. The van der Waals surface area contributed by atoms with Gasteiger partial charge in [-0.2, -0.15) is 0 Å². The van der Waals surface area contributed by atoms with Gasteiger partial charge in [0.25, 0.3) is 0 Å². The third-order valence-corrected chi connectivity index (χ3v) is 3.98. The van der Waals surface area contributed by atoms with Crippen LogP contribution in [0.4, 0.5) is 0 Å². The van der Waals surface area contributed by atoms with Gasteiger partial charge in [0.1, 0.15) is 0 Å². The number of rotatable bonds is 2. The minimum atomic E-state index is 0.739. The van der Waals surface area contributed by atoms with Crippen molar-refractivity contribution in [2.24, 2.45) is 11.8 Å². The first-order valence-electron chi connectivity index (χ1n) is 6.18. The highest BCUT2D eigenvalue weighted by atomic mass is 15.0. The Labute approximate surface area is 88.0 Å². The minimum Gasteiger partial charge on any atom is -0.310 e. The molecule has 0 saturated heterocycles. The van der Waals surface area contributed by atoms with E-state index in [1.807, 2.05) is 0 Å². The average molecular weight is 193 g/mol. The fourth-order valence-corrected chi connectivity index (χ4v) is 3.04. The maximum absolute atomic E-state index is 3.85. The van der Waals surface area contributed by atoms with E-state index in [1.54, 1.807) is 0 Å². The van der Waals surface area contributed by atoms with Gasteiger partial charge in [-0.15, -0.1) is 0 Å². The van der Waals surface area contributed by atoms with Gasteiger partial charge in [0.05, 0.1) is 0 Å². The molecule has 2 aliphatic rings. The van der Waals surface area contributed by atoms with Gasteiger partial charge in [-0.05, 0) is 37.5 Å². The van der Waals surface area contributed by atoms with Crippen molar-refractivity contribution in [3.05, 3.63) is 12.2 Å². The van der Waals surface area contributed by atoms with E-state index in [0.29, 0.717) is 0 Å². The third-order valence-electron chi connectivity index (χ3n) is 3.98. The van der Waals surface area contributed by atoms with Crippen LogP contribution in [0.5, 0.6) is 0 Å². The van der Waals surface area contributed by atoms with Crippen LogP contribution in [-0.2, 0) is 0 Å². The molecule has 2 unspecified atom stereocenters. The molecule has 0 aromatic carbocycles. The van der Waals surface area contributed by atoms with Gasteiger partial charge in [0.2, 0.25) is 0 Å². The average Bonchev–Trinajstić information content (AvgIpc) is 2.64. The molecule has 0 aliphatic heterocycles. The van der Waals surface area contributed by atoms with Crippen LogP contribution in [0, 0.1) is 11.8 Å². The van der Waals surface area contributed by atoms with Crippen molar-refractivity contribution < 1.29 is 0 Å². The molecular weight excluding hydrogens is 170 g/mol. The first-order chi connectivity index (χ1) is 6.77. The van der Waals surface area contributed by atoms with E-state index >= 15 is 0 Å². The van der Waals surface area contributed by atoms with Crippen molar-refractivity contribution in [1.29, 1.82) is 0 Å². The molecule has 2 aliphatic carbocycles. The van der Waals surface area contributed by atoms with Crippen LogP contribution in [0.25, 0.3) is 0 Å². The molecule has 1 heteroatoms. The second kappa shape index (κ2) is 4.48. The van der Waals surface area contributed by atoms with E-state index in [0.717, 1.165) is 23.9 Å². The van der Waals surface area contributed by atoms with E-state index < -0.39 is 0 Å². The van der Waals surface area contributed by atoms with Crippen molar-refractivity contribution in [2.75, 3.05) is 0 Å². The van der Waals surface area contributed by atoms with Crippen LogP contribution < -0.4 is 5.32 Å². The lowest BCUT2D eigenvalue weighted by Crippen LogP contribution is -2.46. The summed E-state index contributed by atoms with van der Waals surface area (Å²) in [5, 5.41) is 3.85. The van der Waals surface area contributed by atoms with Gasteiger partial charge in [0.15, 0.2) is 0 Å². The Morgan fingerprint density at radius 1 is 1.00 bits per heavy atom. The maximum atomic E-state index is 3.85. The zero-order chi connectivity index (χ0) is 9.97. The molecule has 0 bridgehead atoms. The van der Waals surface area contributed by atoms with Crippen molar-refractivity contribution in [3.63, 3.8) is 0 Å². The van der Waals surface area contributed by atoms with E-state index in [1.165, 1.54) is 32.1 Å². The quantitative estimate of drug-likeness (QED) is 0.664. The zero-order valence-electron chi connectivity index (χ0n) is 9.50. The van der Waals surface area contributed by atoms with Crippen LogP contribution in [0.2, 0.25) is 0 Å². The topological polar surface area (TPSA) is 12.0 Å². The Bertz CT molecular complexity index is 191. The van der Waals surface area contributed by atoms with Gasteiger partial charge in [-0.25, -0.2) is 0 Å². The van der Waals surface area contributed by atoms with Gasteiger partial charge in [0, 0.05) is 12.1 Å². The molecule has 0 radical (unpaired) electrons. The Morgan fingerprint density at radius 3 is 2.14 bits per heavy atom. The largest absolute Gasteiger partial charge is 0.310 e. The van der Waals surface area contributed by atoms with Crippen molar-refractivity contribution in [1.82, 2.24) is 5.32 Å². The highest BCUT2D eigenvalue weighted by Crippen LogP contribution is 2.29. The SMILES string of the molecule is CC1CCCC(C)C1NC1CC=CC1. The summed E-state index contributed by atoms with van der Waals surface area (Å²) in [5.74, 6) is 1.75. The molecule has 0 spiro atoms. The fraction of sp³-hybridized carbons (Fsp3) is 0.846. The smallest absolute Gasteiger partial charge is 0.0139 e. The van der Waals surface area contributed by atoms with E-state index in [-0.39, 0.29) is 0 Å². The molecule has 0 aromatic rings. The number of hydrogen-bond acceptors (Lipinski definition) is 1. The van der Waals surface area contributed by atoms with E-state index in [2.05, 4.69) is 31.3 Å². The molecule has 0 aromatic heterocycles. The normalized spacial score (nSPS) is 39.1. The second-order valence-electron chi connectivity index (χ2n) is 5.22. The molecule has 1 N–H and O–H groups in total. The summed E-state index contributed by atoms with van der Waals surface area (Å²) in [7, 11) is 0. The van der Waals surface area contributed by atoms with E-state index in [4.69, 9.17) is 0 Å². The molecular formula is C13H23N. The molecule has 1 nitrogen and oxygen atoms in total. The number of hydrogen-bond donors (Lipinski definition) is 1. The lowest BCUT2D eigenvalue weighted by Gasteiger charge is -2.37. The minimum absolute atomic E-state index is 0.739. The Morgan fingerprint density at radius 2 is 1.57 bits per heavy atom. The summed E-state index contributed by atoms with van der Waals surface area (Å²) < 4.78 is 0. The van der Waals surface area contributed by atoms with Crippen molar-refractivity contribution in [2.45, 2.75) is 58.0 Å². The first kappa shape index (κ1) is 10.2. The lowest BCUT2D eigenvalue weighted by atomic mass is 9.78. The summed E-state index contributed by atoms with van der Waals surface area (Å²) >= 11 is 0. The molecule has 2 rings (SSSR count). The third kappa shape index (κ3) is 2.20. The summed E-state index contributed by atoms with van der Waals surface area (Å²) in [5.41, 5.74) is 0. The first-order valence-corrected chi connectivity index (χ1v) is 6.18.